The fraction of sp³-hybridized carbons (Fsp3) is 0.571. The van der Waals surface area contributed by atoms with Crippen molar-refractivity contribution in [2.75, 3.05) is 24.5 Å². The zero-order valence-electron chi connectivity index (χ0n) is 12.4. The highest BCUT2D eigenvalue weighted by Crippen LogP contribution is 2.34. The van der Waals surface area contributed by atoms with Gasteiger partial charge in [-0.2, -0.15) is 13.2 Å². The molecule has 0 aromatic carbocycles. The summed E-state index contributed by atoms with van der Waals surface area (Å²) in [5.41, 5.74) is 4.47. The highest BCUT2D eigenvalue weighted by molar-refractivity contribution is 6.33. The number of hydrogen-bond donors (Lipinski definition) is 2. The lowest BCUT2D eigenvalue weighted by atomic mass is 10.2. The summed E-state index contributed by atoms with van der Waals surface area (Å²) in [7, 11) is 0. The van der Waals surface area contributed by atoms with Gasteiger partial charge in [0.25, 0.3) is 0 Å². The van der Waals surface area contributed by atoms with Crippen molar-refractivity contribution in [2.45, 2.75) is 31.5 Å². The van der Waals surface area contributed by atoms with Crippen molar-refractivity contribution in [3.8, 4) is 0 Å². The molecule has 23 heavy (non-hydrogen) atoms. The molecule has 1 aromatic heterocycles. The van der Waals surface area contributed by atoms with Crippen LogP contribution in [0.15, 0.2) is 12.3 Å². The number of nitrogens with one attached hydrogen (secondary N) is 1. The molecule has 1 fully saturated rings. The number of pyridine rings is 1. The largest absolute Gasteiger partial charge is 0.417 e. The van der Waals surface area contributed by atoms with Gasteiger partial charge in [-0.15, -0.1) is 0 Å². The van der Waals surface area contributed by atoms with Gasteiger partial charge in [0.1, 0.15) is 5.82 Å². The van der Waals surface area contributed by atoms with Crippen molar-refractivity contribution >= 4 is 23.3 Å². The van der Waals surface area contributed by atoms with E-state index in [2.05, 4.69) is 10.3 Å². The molecule has 0 aliphatic carbocycles. The van der Waals surface area contributed by atoms with E-state index in [9.17, 15) is 18.0 Å². The number of nitrogens with two attached hydrogens (primary N) is 1. The average Bonchev–Trinajstić information content (AvgIpc) is 2.92. The van der Waals surface area contributed by atoms with Crippen LogP contribution in [0.3, 0.4) is 0 Å². The number of amides is 1. The quantitative estimate of drug-likeness (QED) is 0.854. The van der Waals surface area contributed by atoms with E-state index in [-0.39, 0.29) is 17.0 Å². The summed E-state index contributed by atoms with van der Waals surface area (Å²) in [6.07, 6.45) is -2.03. The van der Waals surface area contributed by atoms with E-state index in [1.165, 1.54) is 0 Å². The Morgan fingerprint density at radius 1 is 1.52 bits per heavy atom. The lowest BCUT2D eigenvalue weighted by Crippen LogP contribution is -2.37. The highest BCUT2D eigenvalue weighted by atomic mass is 35.5. The Morgan fingerprint density at radius 3 is 2.87 bits per heavy atom. The molecule has 1 saturated heterocycles. The molecule has 0 bridgehead atoms. The minimum atomic E-state index is -4.47. The second-order valence-corrected chi connectivity index (χ2v) is 5.83. The van der Waals surface area contributed by atoms with E-state index in [0.29, 0.717) is 44.7 Å². The smallest absolute Gasteiger partial charge is 0.353 e. The molecule has 1 aliphatic rings. The van der Waals surface area contributed by atoms with E-state index in [1.54, 1.807) is 4.90 Å². The second-order valence-electron chi connectivity index (χ2n) is 5.42. The van der Waals surface area contributed by atoms with Crippen LogP contribution in [0.2, 0.25) is 5.02 Å². The predicted molar refractivity (Wildman–Crippen MR) is 81.3 cm³/mol. The van der Waals surface area contributed by atoms with Crippen LogP contribution in [0.5, 0.6) is 0 Å². The molecular formula is C14H18ClF3N4O. The van der Waals surface area contributed by atoms with Gasteiger partial charge in [-0.3, -0.25) is 4.79 Å². The Morgan fingerprint density at radius 2 is 2.26 bits per heavy atom. The van der Waals surface area contributed by atoms with Crippen molar-refractivity contribution in [3.05, 3.63) is 22.8 Å². The highest BCUT2D eigenvalue weighted by Gasteiger charge is 2.33. The fourth-order valence-corrected chi connectivity index (χ4v) is 2.74. The molecule has 3 N–H and O–H groups in total. The summed E-state index contributed by atoms with van der Waals surface area (Å²) in [4.78, 5) is 17.3. The van der Waals surface area contributed by atoms with Crippen LogP contribution in [0, 0.1) is 0 Å². The number of aromatic nitrogens is 1. The minimum absolute atomic E-state index is 0.0464. The Labute approximate surface area is 137 Å². The topological polar surface area (TPSA) is 71.2 Å². The minimum Gasteiger partial charge on any atom is -0.353 e. The fourth-order valence-electron chi connectivity index (χ4n) is 2.45. The van der Waals surface area contributed by atoms with Gasteiger partial charge < -0.3 is 16.0 Å². The van der Waals surface area contributed by atoms with E-state index in [0.717, 1.165) is 12.3 Å². The zero-order valence-corrected chi connectivity index (χ0v) is 13.1. The maximum Gasteiger partial charge on any atom is 0.417 e. The Kier molecular flexibility index (Phi) is 5.69. The molecule has 0 spiro atoms. The standard InChI is InChI=1S/C14H18ClF3N4O/c15-11-6-9(14(16,17)18)7-20-13(11)22-5-3-10(8-22)21-12(23)2-1-4-19/h6-7,10H,1-5,8,19H2,(H,21,23). The number of hydrogen-bond acceptors (Lipinski definition) is 4. The first-order valence-corrected chi connectivity index (χ1v) is 7.66. The second kappa shape index (κ2) is 7.35. The number of carbonyl (C=O) groups excluding carboxylic acids is 1. The molecule has 1 atom stereocenters. The number of halogens is 4. The van der Waals surface area contributed by atoms with Crippen LogP contribution in [0.4, 0.5) is 19.0 Å². The van der Waals surface area contributed by atoms with Gasteiger partial charge in [0.2, 0.25) is 5.91 Å². The predicted octanol–water partition coefficient (Wildman–Crippen LogP) is 2.19. The van der Waals surface area contributed by atoms with Gasteiger partial charge >= 0.3 is 6.18 Å². The van der Waals surface area contributed by atoms with Gasteiger partial charge in [0, 0.05) is 31.7 Å². The summed E-state index contributed by atoms with van der Waals surface area (Å²) in [6, 6.07) is 0.803. The maximum absolute atomic E-state index is 12.6. The summed E-state index contributed by atoms with van der Waals surface area (Å²) in [5.74, 6) is 0.229. The molecule has 128 valence electrons. The Balaban J connectivity index is 1.98. The summed E-state index contributed by atoms with van der Waals surface area (Å²) < 4.78 is 37.8. The van der Waals surface area contributed by atoms with Crippen LogP contribution in [0.1, 0.15) is 24.8 Å². The van der Waals surface area contributed by atoms with Crippen molar-refractivity contribution < 1.29 is 18.0 Å². The number of alkyl halides is 3. The van der Waals surface area contributed by atoms with Crippen LogP contribution in [0.25, 0.3) is 0 Å². The molecule has 0 radical (unpaired) electrons. The first-order valence-electron chi connectivity index (χ1n) is 7.28. The molecule has 1 aliphatic heterocycles. The zero-order chi connectivity index (χ0) is 17.0. The lowest BCUT2D eigenvalue weighted by Gasteiger charge is -2.20. The maximum atomic E-state index is 12.6. The summed E-state index contributed by atoms with van der Waals surface area (Å²) in [6.45, 7) is 1.49. The van der Waals surface area contributed by atoms with Gasteiger partial charge in [0.05, 0.1) is 10.6 Å². The van der Waals surface area contributed by atoms with Crippen LogP contribution in [-0.2, 0) is 11.0 Å². The number of anilines is 1. The van der Waals surface area contributed by atoms with Crippen molar-refractivity contribution in [2.24, 2.45) is 5.73 Å². The van der Waals surface area contributed by atoms with Gasteiger partial charge in [-0.05, 0) is 25.5 Å². The third-order valence-electron chi connectivity index (χ3n) is 3.61. The third kappa shape index (κ3) is 4.71. The Bertz CT molecular complexity index is 567. The molecule has 0 saturated carbocycles. The third-order valence-corrected chi connectivity index (χ3v) is 3.89. The van der Waals surface area contributed by atoms with E-state index in [1.807, 2.05) is 0 Å². The van der Waals surface area contributed by atoms with E-state index < -0.39 is 11.7 Å². The molecule has 5 nitrogen and oxygen atoms in total. The van der Waals surface area contributed by atoms with Gasteiger partial charge in [0.15, 0.2) is 0 Å². The molecule has 9 heteroatoms. The SMILES string of the molecule is NCCCC(=O)NC1CCN(c2ncc(C(F)(F)F)cc2Cl)C1. The Hall–Kier alpha value is -1.54. The van der Waals surface area contributed by atoms with Crippen LogP contribution >= 0.6 is 11.6 Å². The number of nitrogens with zero attached hydrogens (tertiary/aromatic N) is 2. The molecule has 1 amide bonds. The summed E-state index contributed by atoms with van der Waals surface area (Å²) >= 11 is 5.93. The van der Waals surface area contributed by atoms with Crippen LogP contribution < -0.4 is 16.0 Å². The lowest BCUT2D eigenvalue weighted by molar-refractivity contribution is -0.137. The molecule has 1 aromatic rings. The molecule has 2 heterocycles. The van der Waals surface area contributed by atoms with Crippen molar-refractivity contribution in [1.29, 1.82) is 0 Å². The average molecular weight is 351 g/mol. The van der Waals surface area contributed by atoms with Crippen LogP contribution in [-0.4, -0.2) is 36.6 Å². The molecule has 2 rings (SSSR count). The van der Waals surface area contributed by atoms with Crippen molar-refractivity contribution in [1.82, 2.24) is 10.3 Å². The van der Waals surface area contributed by atoms with E-state index >= 15 is 0 Å². The summed E-state index contributed by atoms with van der Waals surface area (Å²) in [5, 5.41) is 2.84. The normalized spacial score (nSPS) is 18.3. The van der Waals surface area contributed by atoms with Gasteiger partial charge in [-0.25, -0.2) is 4.98 Å². The first-order chi connectivity index (χ1) is 10.8. The molecular weight excluding hydrogens is 333 g/mol. The first kappa shape index (κ1) is 17.8. The van der Waals surface area contributed by atoms with Crippen molar-refractivity contribution in [3.63, 3.8) is 0 Å². The monoisotopic (exact) mass is 350 g/mol. The number of rotatable bonds is 5. The van der Waals surface area contributed by atoms with E-state index in [4.69, 9.17) is 17.3 Å². The molecule has 1 unspecified atom stereocenters. The number of carbonyl (C=O) groups is 1. The van der Waals surface area contributed by atoms with Gasteiger partial charge in [-0.1, -0.05) is 11.6 Å².